The zero-order valence-corrected chi connectivity index (χ0v) is 16.4. The van der Waals surface area contributed by atoms with Crippen LogP contribution in [0.3, 0.4) is 0 Å². The van der Waals surface area contributed by atoms with Crippen molar-refractivity contribution < 1.29 is 9.59 Å². The molecule has 1 aliphatic heterocycles. The fourth-order valence-electron chi connectivity index (χ4n) is 3.38. The Morgan fingerprint density at radius 3 is 1.67 bits per heavy atom. The molecule has 1 aliphatic rings. The quantitative estimate of drug-likeness (QED) is 0.809. The molecule has 0 radical (unpaired) electrons. The van der Waals surface area contributed by atoms with Crippen molar-refractivity contribution in [2.75, 3.05) is 26.2 Å². The van der Waals surface area contributed by atoms with Gasteiger partial charge in [-0.05, 0) is 41.7 Å². The second-order valence-electron chi connectivity index (χ2n) is 8.13. The van der Waals surface area contributed by atoms with Crippen LogP contribution < -0.4 is 0 Å². The summed E-state index contributed by atoms with van der Waals surface area (Å²) in [4.78, 5) is 29.3. The van der Waals surface area contributed by atoms with Crippen molar-refractivity contribution in [1.29, 1.82) is 0 Å². The monoisotopic (exact) mass is 364 g/mol. The number of carbonyl (C=O) groups is 2. The lowest BCUT2D eigenvalue weighted by molar-refractivity contribution is 0.0718. The van der Waals surface area contributed by atoms with Gasteiger partial charge in [0.15, 0.2) is 0 Å². The number of hydrogen-bond donors (Lipinski definition) is 0. The highest BCUT2D eigenvalue weighted by Crippen LogP contribution is 2.22. The second kappa shape index (κ2) is 7.95. The lowest BCUT2D eigenvalue weighted by Gasteiger charge is -2.23. The van der Waals surface area contributed by atoms with E-state index in [0.717, 1.165) is 6.42 Å². The van der Waals surface area contributed by atoms with E-state index < -0.39 is 0 Å². The van der Waals surface area contributed by atoms with Crippen molar-refractivity contribution in [3.63, 3.8) is 0 Å². The molecule has 2 aromatic carbocycles. The summed E-state index contributed by atoms with van der Waals surface area (Å²) in [5, 5.41) is 0. The Balaban J connectivity index is 1.65. The average molecular weight is 364 g/mol. The Morgan fingerprint density at radius 2 is 1.19 bits per heavy atom. The van der Waals surface area contributed by atoms with Crippen molar-refractivity contribution >= 4 is 11.8 Å². The Kier molecular flexibility index (Phi) is 5.64. The number of rotatable bonds is 2. The summed E-state index contributed by atoms with van der Waals surface area (Å²) in [6.07, 6.45) is 0.796. The molecule has 1 saturated heterocycles. The highest BCUT2D eigenvalue weighted by molar-refractivity contribution is 5.95. The largest absolute Gasteiger partial charge is 0.337 e. The first kappa shape index (κ1) is 19.2. The molecule has 2 aromatic rings. The molecule has 3 rings (SSSR count). The van der Waals surface area contributed by atoms with E-state index >= 15 is 0 Å². The average Bonchev–Trinajstić information content (AvgIpc) is 2.93. The van der Waals surface area contributed by atoms with Crippen LogP contribution in [-0.2, 0) is 5.41 Å². The molecule has 4 heteroatoms. The van der Waals surface area contributed by atoms with Crippen molar-refractivity contribution in [3.8, 4) is 0 Å². The van der Waals surface area contributed by atoms with E-state index in [-0.39, 0.29) is 17.2 Å². The summed E-state index contributed by atoms with van der Waals surface area (Å²) < 4.78 is 0. The second-order valence-corrected chi connectivity index (χ2v) is 8.13. The predicted octanol–water partition coefficient (Wildman–Crippen LogP) is 3.97. The van der Waals surface area contributed by atoms with Crippen LogP contribution in [0.15, 0.2) is 54.6 Å². The molecular weight excluding hydrogens is 336 g/mol. The van der Waals surface area contributed by atoms with Gasteiger partial charge in [0.2, 0.25) is 0 Å². The smallest absolute Gasteiger partial charge is 0.253 e. The van der Waals surface area contributed by atoms with Gasteiger partial charge in [0.05, 0.1) is 0 Å². The molecule has 0 saturated carbocycles. The van der Waals surface area contributed by atoms with Crippen LogP contribution in [0.25, 0.3) is 0 Å². The first-order chi connectivity index (χ1) is 12.9. The number of carbonyl (C=O) groups excluding carboxylic acids is 2. The van der Waals surface area contributed by atoms with Crippen molar-refractivity contribution in [3.05, 3.63) is 71.3 Å². The first-order valence-corrected chi connectivity index (χ1v) is 9.60. The number of amides is 2. The van der Waals surface area contributed by atoms with Gasteiger partial charge < -0.3 is 9.80 Å². The standard InChI is InChI=1S/C23H28N2O2/c1-23(2,3)20-12-10-19(11-13-20)22(27)25-15-7-14-24(16-17-25)21(26)18-8-5-4-6-9-18/h4-6,8-13H,7,14-17H2,1-3H3. The number of hydrogen-bond acceptors (Lipinski definition) is 2. The third-order valence-corrected chi connectivity index (χ3v) is 5.09. The van der Waals surface area contributed by atoms with Crippen LogP contribution in [-0.4, -0.2) is 47.8 Å². The zero-order valence-electron chi connectivity index (χ0n) is 16.4. The predicted molar refractivity (Wildman–Crippen MR) is 108 cm³/mol. The maximum Gasteiger partial charge on any atom is 0.253 e. The topological polar surface area (TPSA) is 40.6 Å². The van der Waals surface area contributed by atoms with E-state index in [1.807, 2.05) is 64.4 Å². The van der Waals surface area contributed by atoms with Crippen LogP contribution in [0.5, 0.6) is 0 Å². The molecule has 1 heterocycles. The summed E-state index contributed by atoms with van der Waals surface area (Å²) in [6, 6.07) is 17.3. The molecule has 2 amide bonds. The van der Waals surface area contributed by atoms with Crippen LogP contribution in [0.4, 0.5) is 0 Å². The van der Waals surface area contributed by atoms with Gasteiger partial charge in [-0.25, -0.2) is 0 Å². The molecule has 4 nitrogen and oxygen atoms in total. The Morgan fingerprint density at radius 1 is 0.704 bits per heavy atom. The van der Waals surface area contributed by atoms with E-state index in [4.69, 9.17) is 0 Å². The normalized spacial score (nSPS) is 15.4. The summed E-state index contributed by atoms with van der Waals surface area (Å²) in [7, 11) is 0. The fraction of sp³-hybridized carbons (Fsp3) is 0.391. The molecule has 0 aromatic heterocycles. The van der Waals surface area contributed by atoms with E-state index in [9.17, 15) is 9.59 Å². The summed E-state index contributed by atoms with van der Waals surface area (Å²) in [5.74, 6) is 0.0869. The SMILES string of the molecule is CC(C)(C)c1ccc(C(=O)N2CCCN(C(=O)c3ccccc3)CC2)cc1. The number of benzene rings is 2. The molecule has 0 spiro atoms. The minimum atomic E-state index is 0.0411. The van der Waals surface area contributed by atoms with Crippen LogP contribution in [0.2, 0.25) is 0 Å². The third-order valence-electron chi connectivity index (χ3n) is 5.09. The van der Waals surface area contributed by atoms with Crippen molar-refractivity contribution in [2.24, 2.45) is 0 Å². The Hall–Kier alpha value is -2.62. The molecule has 0 bridgehead atoms. The molecule has 0 atom stereocenters. The van der Waals surface area contributed by atoms with E-state index in [2.05, 4.69) is 20.8 Å². The van der Waals surface area contributed by atoms with Crippen LogP contribution >= 0.6 is 0 Å². The third kappa shape index (κ3) is 4.57. The van der Waals surface area contributed by atoms with Gasteiger partial charge in [0, 0.05) is 37.3 Å². The van der Waals surface area contributed by atoms with Crippen LogP contribution in [0, 0.1) is 0 Å². The highest BCUT2D eigenvalue weighted by atomic mass is 16.2. The molecular formula is C23H28N2O2. The fourth-order valence-corrected chi connectivity index (χ4v) is 3.38. The molecule has 0 unspecified atom stereocenters. The van der Waals surface area contributed by atoms with Crippen molar-refractivity contribution in [2.45, 2.75) is 32.6 Å². The molecule has 0 N–H and O–H groups in total. The van der Waals surface area contributed by atoms with Gasteiger partial charge in [0.1, 0.15) is 0 Å². The lowest BCUT2D eigenvalue weighted by Crippen LogP contribution is -2.37. The van der Waals surface area contributed by atoms with E-state index in [0.29, 0.717) is 37.3 Å². The first-order valence-electron chi connectivity index (χ1n) is 9.60. The summed E-state index contributed by atoms with van der Waals surface area (Å²) in [6.45, 7) is 8.99. The summed E-state index contributed by atoms with van der Waals surface area (Å²) >= 11 is 0. The number of nitrogens with zero attached hydrogens (tertiary/aromatic N) is 2. The van der Waals surface area contributed by atoms with Gasteiger partial charge in [-0.15, -0.1) is 0 Å². The molecule has 142 valence electrons. The van der Waals surface area contributed by atoms with E-state index in [1.54, 1.807) is 0 Å². The van der Waals surface area contributed by atoms with Gasteiger partial charge in [-0.3, -0.25) is 9.59 Å². The maximum absolute atomic E-state index is 12.9. The van der Waals surface area contributed by atoms with Crippen LogP contribution in [0.1, 0.15) is 53.5 Å². The zero-order chi connectivity index (χ0) is 19.4. The molecule has 0 aliphatic carbocycles. The minimum absolute atomic E-state index is 0.0411. The lowest BCUT2D eigenvalue weighted by atomic mass is 9.86. The van der Waals surface area contributed by atoms with Gasteiger partial charge in [-0.2, -0.15) is 0 Å². The Labute approximate surface area is 161 Å². The summed E-state index contributed by atoms with van der Waals surface area (Å²) in [5.41, 5.74) is 2.71. The molecule has 1 fully saturated rings. The molecule has 27 heavy (non-hydrogen) atoms. The van der Waals surface area contributed by atoms with Gasteiger partial charge >= 0.3 is 0 Å². The van der Waals surface area contributed by atoms with Crippen molar-refractivity contribution in [1.82, 2.24) is 9.80 Å². The highest BCUT2D eigenvalue weighted by Gasteiger charge is 2.24. The van der Waals surface area contributed by atoms with Gasteiger partial charge in [-0.1, -0.05) is 51.1 Å². The van der Waals surface area contributed by atoms with E-state index in [1.165, 1.54) is 5.56 Å². The van der Waals surface area contributed by atoms with Gasteiger partial charge in [0.25, 0.3) is 11.8 Å². The minimum Gasteiger partial charge on any atom is -0.337 e. The Bertz CT molecular complexity index is 791. The maximum atomic E-state index is 12.9.